The lowest BCUT2D eigenvalue weighted by Crippen LogP contribution is -2.39. The summed E-state index contributed by atoms with van der Waals surface area (Å²) in [5, 5.41) is 9.95. The summed E-state index contributed by atoms with van der Waals surface area (Å²) in [5.41, 5.74) is 13.6. The molecule has 0 radical (unpaired) electrons. The normalized spacial score (nSPS) is 16.3. The van der Waals surface area contributed by atoms with Crippen molar-refractivity contribution in [3.05, 3.63) is 106 Å². The van der Waals surface area contributed by atoms with Crippen molar-refractivity contribution >= 4 is 29.3 Å². The van der Waals surface area contributed by atoms with E-state index < -0.39 is 5.97 Å². The summed E-state index contributed by atoms with van der Waals surface area (Å²) < 4.78 is 8.26. The summed E-state index contributed by atoms with van der Waals surface area (Å²) in [7, 11) is 0. The van der Waals surface area contributed by atoms with Crippen LogP contribution in [0.15, 0.2) is 72.8 Å². The van der Waals surface area contributed by atoms with Gasteiger partial charge in [0.15, 0.2) is 0 Å². The summed E-state index contributed by atoms with van der Waals surface area (Å²) in [5.74, 6) is -0.811. The number of hydrogen-bond acceptors (Lipinski definition) is 5. The van der Waals surface area contributed by atoms with Crippen LogP contribution >= 0.6 is 11.9 Å². The van der Waals surface area contributed by atoms with Gasteiger partial charge in [-0.15, -0.1) is 0 Å². The largest absolute Gasteiger partial charge is 0.481 e. The lowest BCUT2D eigenvalue weighted by atomic mass is 9.80. The summed E-state index contributed by atoms with van der Waals surface area (Å²) in [4.78, 5) is 14.6. The van der Waals surface area contributed by atoms with Crippen LogP contribution in [0.1, 0.15) is 39.4 Å². The molecule has 5 nitrogen and oxygen atoms in total. The fourth-order valence-electron chi connectivity index (χ4n) is 6.54. The van der Waals surface area contributed by atoms with E-state index in [-0.39, 0.29) is 12.5 Å². The molecule has 210 valence electrons. The molecule has 6 heteroatoms. The Hall–Kier alpha value is -3.74. The Morgan fingerprint density at radius 3 is 2.44 bits per heavy atom. The Kier molecular flexibility index (Phi) is 7.54. The Labute approximate surface area is 246 Å². The van der Waals surface area contributed by atoms with E-state index >= 15 is 0 Å². The standard InChI is InChI=1S/C35H36N2O3S/c1-22-10-12-26(13-11-22)33-24(3)34-30-18-28(36-16-17-40-21-31(36)25-8-6-5-7-9-25)15-14-27(30)20-37(41-4)35(34)23(2)29(33)19-32(38)39/h5-15,18,31H,16-17,19-21H2,1-4H3,(H,38,39). The highest BCUT2D eigenvalue weighted by Gasteiger charge is 2.32. The molecule has 0 amide bonds. The molecule has 4 aromatic carbocycles. The molecule has 1 saturated heterocycles. The van der Waals surface area contributed by atoms with Crippen molar-refractivity contribution in [1.29, 1.82) is 0 Å². The van der Waals surface area contributed by atoms with Gasteiger partial charge in [0.1, 0.15) is 0 Å². The number of ether oxygens (including phenoxy) is 1. The zero-order chi connectivity index (χ0) is 28.7. The van der Waals surface area contributed by atoms with E-state index in [1.807, 2.05) is 0 Å². The van der Waals surface area contributed by atoms with Gasteiger partial charge in [-0.3, -0.25) is 4.79 Å². The molecule has 41 heavy (non-hydrogen) atoms. The molecule has 0 aromatic heterocycles. The van der Waals surface area contributed by atoms with Crippen molar-refractivity contribution in [3.8, 4) is 22.3 Å². The molecule has 0 aliphatic carbocycles. The number of aliphatic carboxylic acids is 1. The van der Waals surface area contributed by atoms with Crippen LogP contribution in [0.25, 0.3) is 22.3 Å². The molecular formula is C35H36N2O3S. The van der Waals surface area contributed by atoms with Gasteiger partial charge in [-0.2, -0.15) is 0 Å². The van der Waals surface area contributed by atoms with Crippen molar-refractivity contribution in [2.24, 2.45) is 0 Å². The monoisotopic (exact) mass is 564 g/mol. The van der Waals surface area contributed by atoms with E-state index in [4.69, 9.17) is 4.74 Å². The number of nitrogens with zero attached hydrogens (tertiary/aromatic N) is 2. The number of fused-ring (bicyclic) bond motifs is 3. The van der Waals surface area contributed by atoms with Crippen molar-refractivity contribution < 1.29 is 14.6 Å². The van der Waals surface area contributed by atoms with Gasteiger partial charge < -0.3 is 19.0 Å². The lowest BCUT2D eigenvalue weighted by Gasteiger charge is -2.39. The number of anilines is 2. The highest BCUT2D eigenvalue weighted by Crippen LogP contribution is 2.51. The third kappa shape index (κ3) is 5.00. The predicted octanol–water partition coefficient (Wildman–Crippen LogP) is 7.75. The number of carboxylic acids is 1. The Balaban J connectivity index is 1.56. The quantitative estimate of drug-likeness (QED) is 0.242. The first-order chi connectivity index (χ1) is 19.9. The molecule has 1 N–H and O–H groups in total. The van der Waals surface area contributed by atoms with E-state index in [1.165, 1.54) is 33.5 Å². The van der Waals surface area contributed by atoms with Crippen molar-refractivity contribution in [3.63, 3.8) is 0 Å². The van der Waals surface area contributed by atoms with Crippen LogP contribution in [-0.2, 0) is 22.5 Å². The smallest absolute Gasteiger partial charge is 0.307 e. The highest BCUT2D eigenvalue weighted by atomic mass is 32.2. The minimum atomic E-state index is -0.811. The van der Waals surface area contributed by atoms with Gasteiger partial charge in [0, 0.05) is 24.1 Å². The fraction of sp³-hybridized carbons (Fsp3) is 0.286. The van der Waals surface area contributed by atoms with E-state index in [9.17, 15) is 9.90 Å². The SMILES string of the molecule is CSN1Cc2ccc(N3CCOCC3c3ccccc3)cc2-c2c(C)c(-c3ccc(C)cc3)c(CC(=O)O)c(C)c21. The van der Waals surface area contributed by atoms with Gasteiger partial charge in [0.25, 0.3) is 0 Å². The van der Waals surface area contributed by atoms with E-state index in [1.54, 1.807) is 11.9 Å². The predicted molar refractivity (Wildman–Crippen MR) is 170 cm³/mol. The Bertz CT molecular complexity index is 1600. The maximum absolute atomic E-state index is 12.1. The van der Waals surface area contributed by atoms with Gasteiger partial charge in [-0.05, 0) is 77.4 Å². The number of aryl methyl sites for hydroxylation is 1. The average Bonchev–Trinajstić information content (AvgIpc) is 2.99. The van der Waals surface area contributed by atoms with Crippen LogP contribution in [0.4, 0.5) is 11.4 Å². The number of carbonyl (C=O) groups is 1. The van der Waals surface area contributed by atoms with Crippen LogP contribution in [0.3, 0.4) is 0 Å². The second kappa shape index (κ2) is 11.3. The minimum Gasteiger partial charge on any atom is -0.481 e. The molecule has 0 spiro atoms. The molecule has 2 aliphatic heterocycles. The minimum absolute atomic E-state index is 0.00911. The topological polar surface area (TPSA) is 53.0 Å². The molecule has 4 aromatic rings. The summed E-state index contributed by atoms with van der Waals surface area (Å²) >= 11 is 1.69. The van der Waals surface area contributed by atoms with Crippen LogP contribution in [-0.4, -0.2) is 37.1 Å². The first kappa shape index (κ1) is 27.4. The number of carboxylic acid groups (broad SMARTS) is 1. The van der Waals surface area contributed by atoms with Gasteiger partial charge in [0.2, 0.25) is 0 Å². The van der Waals surface area contributed by atoms with E-state index in [0.29, 0.717) is 13.2 Å². The second-order valence-electron chi connectivity index (χ2n) is 11.0. The molecule has 6 rings (SSSR count). The van der Waals surface area contributed by atoms with Gasteiger partial charge in [-0.1, -0.05) is 78.2 Å². The number of hydrogen-bond donors (Lipinski definition) is 1. The van der Waals surface area contributed by atoms with Gasteiger partial charge in [-0.25, -0.2) is 0 Å². The zero-order valence-electron chi connectivity index (χ0n) is 24.1. The van der Waals surface area contributed by atoms with Crippen molar-refractivity contribution in [2.45, 2.75) is 39.8 Å². The van der Waals surface area contributed by atoms with Gasteiger partial charge in [0.05, 0.1) is 37.9 Å². The van der Waals surface area contributed by atoms with Crippen LogP contribution in [0.5, 0.6) is 0 Å². The van der Waals surface area contributed by atoms with Crippen molar-refractivity contribution in [1.82, 2.24) is 0 Å². The van der Waals surface area contributed by atoms with E-state index in [2.05, 4.69) is 109 Å². The van der Waals surface area contributed by atoms with Crippen LogP contribution in [0.2, 0.25) is 0 Å². The zero-order valence-corrected chi connectivity index (χ0v) is 24.9. The first-order valence-corrected chi connectivity index (χ1v) is 15.3. The molecule has 1 unspecified atom stereocenters. The number of morpholine rings is 1. The average molecular weight is 565 g/mol. The molecule has 1 fully saturated rings. The molecule has 0 bridgehead atoms. The van der Waals surface area contributed by atoms with Crippen LogP contribution in [0, 0.1) is 20.8 Å². The third-order valence-electron chi connectivity index (χ3n) is 8.56. The fourth-order valence-corrected chi connectivity index (χ4v) is 7.22. The highest BCUT2D eigenvalue weighted by molar-refractivity contribution is 7.99. The summed E-state index contributed by atoms with van der Waals surface area (Å²) in [6, 6.07) is 26.1. The lowest BCUT2D eigenvalue weighted by molar-refractivity contribution is -0.136. The molecule has 2 heterocycles. The Morgan fingerprint density at radius 1 is 0.976 bits per heavy atom. The number of rotatable bonds is 6. The molecule has 0 saturated carbocycles. The Morgan fingerprint density at radius 2 is 1.73 bits per heavy atom. The molecular weight excluding hydrogens is 528 g/mol. The van der Waals surface area contributed by atoms with Crippen molar-refractivity contribution in [2.75, 3.05) is 35.2 Å². The molecule has 2 aliphatic rings. The third-order valence-corrected chi connectivity index (χ3v) is 9.31. The second-order valence-corrected chi connectivity index (χ2v) is 11.8. The van der Waals surface area contributed by atoms with E-state index in [0.717, 1.165) is 46.6 Å². The van der Waals surface area contributed by atoms with Gasteiger partial charge >= 0.3 is 5.97 Å². The summed E-state index contributed by atoms with van der Waals surface area (Å²) in [6.45, 7) is 9.30. The van der Waals surface area contributed by atoms with Crippen LogP contribution < -0.4 is 9.21 Å². The maximum Gasteiger partial charge on any atom is 0.307 e. The first-order valence-electron chi connectivity index (χ1n) is 14.2. The molecule has 1 atom stereocenters. The summed E-state index contributed by atoms with van der Waals surface area (Å²) in [6.07, 6.45) is 2.09. The number of benzene rings is 4. The maximum atomic E-state index is 12.1.